The van der Waals surface area contributed by atoms with Crippen LogP contribution in [0.2, 0.25) is 5.02 Å². The van der Waals surface area contributed by atoms with Gasteiger partial charge in [-0.1, -0.05) is 17.7 Å². The zero-order valence-electron chi connectivity index (χ0n) is 19.0. The Labute approximate surface area is 192 Å². The van der Waals surface area contributed by atoms with Crippen LogP contribution in [0.5, 0.6) is 0 Å². The van der Waals surface area contributed by atoms with Crippen molar-refractivity contribution in [1.29, 1.82) is 0 Å². The Morgan fingerprint density at radius 2 is 1.61 bits per heavy atom. The highest BCUT2D eigenvalue weighted by Crippen LogP contribution is 2.36. The molecule has 0 spiro atoms. The van der Waals surface area contributed by atoms with E-state index >= 15 is 0 Å². The molecule has 1 aliphatic heterocycles. The zero-order valence-corrected chi connectivity index (χ0v) is 20.6. The Bertz CT molecular complexity index is 1020. The van der Waals surface area contributed by atoms with Crippen LogP contribution in [0.15, 0.2) is 47.4 Å². The van der Waals surface area contributed by atoms with Gasteiger partial charge >= 0.3 is 0 Å². The maximum atomic E-state index is 11.9. The van der Waals surface area contributed by atoms with Crippen LogP contribution in [0.3, 0.4) is 0 Å². The van der Waals surface area contributed by atoms with Crippen molar-refractivity contribution in [2.24, 2.45) is 0 Å². The Hall–Kier alpha value is -1.44. The molecule has 0 amide bonds. The number of hydrogen-bond donors (Lipinski definition) is 1. The third-order valence-corrected chi connectivity index (χ3v) is 8.59. The fourth-order valence-electron chi connectivity index (χ4n) is 5.21. The van der Waals surface area contributed by atoms with Crippen LogP contribution in [0.1, 0.15) is 37.8 Å². The molecule has 170 valence electrons. The maximum absolute atomic E-state index is 11.9. The highest BCUT2D eigenvalue weighted by atomic mass is 35.5. The minimum absolute atomic E-state index is 0.0236. The van der Waals surface area contributed by atoms with Gasteiger partial charge in [0.05, 0.1) is 43.5 Å². The summed E-state index contributed by atoms with van der Waals surface area (Å²) >= 11 is 6.18. The molecule has 5 nitrogen and oxygen atoms in total. The number of quaternary nitrogens is 2. The molecule has 1 aliphatic rings. The van der Waals surface area contributed by atoms with Gasteiger partial charge in [0, 0.05) is 17.2 Å². The van der Waals surface area contributed by atoms with Crippen molar-refractivity contribution >= 4 is 27.4 Å². The standard InChI is InChI=1S/C24H34ClN2O3S/c1-5-26(6-2)14-15-27(7-3,22-11-9-21(25)10-12-22)18-20(17-26)24-16-23(31(28,29)30)13-8-19(24)4/h8-13,16,20H,5-7,14-15,17-18H2,1-4H3/q+1/p+1. The second-order valence-electron chi connectivity index (χ2n) is 8.91. The van der Waals surface area contributed by atoms with E-state index < -0.39 is 10.1 Å². The molecule has 1 N–H and O–H groups in total. The van der Waals surface area contributed by atoms with Crippen LogP contribution in [0.25, 0.3) is 0 Å². The molecule has 2 unspecified atom stereocenters. The topological polar surface area (TPSA) is 54.4 Å². The number of rotatable bonds is 6. The average molecular weight is 467 g/mol. The molecule has 1 fully saturated rings. The van der Waals surface area contributed by atoms with Crippen molar-refractivity contribution < 1.29 is 17.5 Å². The van der Waals surface area contributed by atoms with E-state index in [4.69, 9.17) is 11.6 Å². The molecule has 7 heteroatoms. The lowest BCUT2D eigenvalue weighted by Gasteiger charge is -2.38. The molecule has 3 rings (SSSR count). The summed E-state index contributed by atoms with van der Waals surface area (Å²) in [6, 6.07) is 13.2. The Kier molecular flexibility index (Phi) is 7.18. The number of nitrogens with zero attached hydrogens (tertiary/aromatic N) is 2. The van der Waals surface area contributed by atoms with Gasteiger partial charge in [0.2, 0.25) is 0 Å². The molecule has 0 bridgehead atoms. The molecule has 1 saturated heterocycles. The van der Waals surface area contributed by atoms with Crippen molar-refractivity contribution in [1.82, 2.24) is 4.48 Å². The first kappa shape index (κ1) is 24.2. The molecule has 31 heavy (non-hydrogen) atoms. The van der Waals surface area contributed by atoms with E-state index in [9.17, 15) is 13.0 Å². The van der Waals surface area contributed by atoms with E-state index in [0.717, 1.165) is 70.9 Å². The predicted octanol–water partition coefficient (Wildman–Crippen LogP) is 4.88. The van der Waals surface area contributed by atoms with E-state index in [1.54, 1.807) is 6.07 Å². The van der Waals surface area contributed by atoms with Gasteiger partial charge in [-0.3, -0.25) is 9.04 Å². The van der Waals surface area contributed by atoms with E-state index in [-0.39, 0.29) is 10.8 Å². The molecular weight excluding hydrogens is 432 g/mol. The van der Waals surface area contributed by atoms with Gasteiger partial charge in [0.25, 0.3) is 10.1 Å². The van der Waals surface area contributed by atoms with E-state index in [2.05, 4.69) is 32.9 Å². The number of likely N-dealkylation sites (N-methyl/N-ethyl adjacent to an activating group) is 2. The summed E-state index contributed by atoms with van der Waals surface area (Å²) in [4.78, 5) is -0.0236. The van der Waals surface area contributed by atoms with Crippen molar-refractivity contribution in [2.45, 2.75) is 38.5 Å². The highest BCUT2D eigenvalue weighted by molar-refractivity contribution is 7.85. The Morgan fingerprint density at radius 1 is 0.968 bits per heavy atom. The van der Waals surface area contributed by atoms with Crippen LogP contribution < -0.4 is 4.48 Å². The summed E-state index contributed by atoms with van der Waals surface area (Å²) in [5, 5.41) is 0.730. The van der Waals surface area contributed by atoms with Gasteiger partial charge < -0.3 is 4.48 Å². The Morgan fingerprint density at radius 3 is 2.16 bits per heavy atom. The summed E-state index contributed by atoms with van der Waals surface area (Å²) in [6.45, 7) is 15.7. The van der Waals surface area contributed by atoms with Crippen LogP contribution in [0, 0.1) is 6.92 Å². The Balaban J connectivity index is 2.16. The molecule has 2 aromatic carbocycles. The summed E-state index contributed by atoms with van der Waals surface area (Å²) in [7, 11) is -4.25. The molecule has 0 saturated carbocycles. The minimum Gasteiger partial charge on any atom is -0.319 e. The van der Waals surface area contributed by atoms with Gasteiger partial charge in [0.1, 0.15) is 18.8 Å². The van der Waals surface area contributed by atoms with Crippen LogP contribution in [-0.4, -0.2) is 63.3 Å². The lowest BCUT2D eigenvalue weighted by molar-refractivity contribution is -0.924. The van der Waals surface area contributed by atoms with E-state index in [0.29, 0.717) is 0 Å². The molecule has 2 aromatic rings. The van der Waals surface area contributed by atoms with Crippen molar-refractivity contribution in [3.8, 4) is 0 Å². The minimum atomic E-state index is -4.25. The number of hydrogen-bond acceptors (Lipinski definition) is 2. The van der Waals surface area contributed by atoms with E-state index in [1.807, 2.05) is 25.1 Å². The molecule has 0 aromatic heterocycles. The molecular formula is C24H35ClN2O3S+2. The number of aryl methyl sites for hydroxylation is 1. The lowest BCUT2D eigenvalue weighted by Crippen LogP contribution is -2.55. The third-order valence-electron chi connectivity index (χ3n) is 7.49. The fraction of sp³-hybridized carbons (Fsp3) is 0.500. The zero-order chi connectivity index (χ0) is 22.9. The van der Waals surface area contributed by atoms with Gasteiger partial charge in [-0.25, -0.2) is 0 Å². The summed E-state index contributed by atoms with van der Waals surface area (Å²) < 4.78 is 35.2. The van der Waals surface area contributed by atoms with Crippen molar-refractivity contribution in [3.05, 3.63) is 58.6 Å². The van der Waals surface area contributed by atoms with Crippen LogP contribution >= 0.6 is 11.6 Å². The fourth-order valence-corrected chi connectivity index (χ4v) is 5.85. The van der Waals surface area contributed by atoms with Crippen molar-refractivity contribution in [3.63, 3.8) is 0 Å². The molecule has 1 heterocycles. The highest BCUT2D eigenvalue weighted by Gasteiger charge is 2.43. The summed E-state index contributed by atoms with van der Waals surface area (Å²) in [5.74, 6) is 0.166. The quantitative estimate of drug-likeness (QED) is 0.487. The van der Waals surface area contributed by atoms with Crippen LogP contribution in [-0.2, 0) is 10.1 Å². The lowest BCUT2D eigenvalue weighted by atomic mass is 9.92. The first-order valence-electron chi connectivity index (χ1n) is 11.1. The SMILES string of the molecule is CC[N+]1(CC)CC[N+](CC)(c2ccc(Cl)cc2)CC(c2cc(S(=O)(=O)O)ccc2C)C1. The van der Waals surface area contributed by atoms with E-state index in [1.165, 1.54) is 11.8 Å². The van der Waals surface area contributed by atoms with Gasteiger partial charge in [-0.15, -0.1) is 0 Å². The average Bonchev–Trinajstić information content (AvgIpc) is 2.92. The first-order chi connectivity index (χ1) is 14.6. The number of halogens is 1. The first-order valence-corrected chi connectivity index (χ1v) is 13.0. The second kappa shape index (κ2) is 9.20. The van der Waals surface area contributed by atoms with Crippen molar-refractivity contribution in [2.75, 3.05) is 45.8 Å². The smallest absolute Gasteiger partial charge is 0.294 e. The summed E-state index contributed by atoms with van der Waals surface area (Å²) in [5.41, 5.74) is 3.33. The largest absolute Gasteiger partial charge is 0.319 e. The van der Waals surface area contributed by atoms with Crippen LogP contribution in [0.4, 0.5) is 5.69 Å². The number of benzene rings is 2. The third kappa shape index (κ3) is 4.99. The molecule has 0 radical (unpaired) electrons. The second-order valence-corrected chi connectivity index (χ2v) is 10.8. The maximum Gasteiger partial charge on any atom is 0.294 e. The normalized spacial score (nSPS) is 24.0. The molecule has 2 atom stereocenters. The predicted molar refractivity (Wildman–Crippen MR) is 128 cm³/mol. The monoisotopic (exact) mass is 466 g/mol. The summed E-state index contributed by atoms with van der Waals surface area (Å²) in [6.07, 6.45) is 0. The van der Waals surface area contributed by atoms with Gasteiger partial charge in [-0.05, 0) is 63.1 Å². The van der Waals surface area contributed by atoms with Gasteiger partial charge in [0.15, 0.2) is 0 Å². The molecule has 0 aliphatic carbocycles. The van der Waals surface area contributed by atoms with Gasteiger partial charge in [-0.2, -0.15) is 8.42 Å².